The lowest BCUT2D eigenvalue weighted by molar-refractivity contribution is 0.0954. The van der Waals surface area contributed by atoms with Gasteiger partial charge in [-0.25, -0.2) is 8.42 Å². The van der Waals surface area contributed by atoms with Gasteiger partial charge in [0.2, 0.25) is 0 Å². The van der Waals surface area contributed by atoms with E-state index in [1.54, 1.807) is 16.8 Å². The molecule has 0 unspecified atom stereocenters. The third-order valence-corrected chi connectivity index (χ3v) is 4.98. The molecule has 5 heteroatoms. The molecule has 0 amide bonds. The molecule has 14 heavy (non-hydrogen) atoms. The van der Waals surface area contributed by atoms with E-state index in [1.807, 2.05) is 0 Å². The van der Waals surface area contributed by atoms with E-state index in [0.29, 0.717) is 5.56 Å². The van der Waals surface area contributed by atoms with Gasteiger partial charge in [-0.1, -0.05) is 0 Å². The topological polar surface area (TPSA) is 51.2 Å². The van der Waals surface area contributed by atoms with Crippen LogP contribution in [0, 0.1) is 0 Å². The van der Waals surface area contributed by atoms with E-state index in [2.05, 4.69) is 0 Å². The molecule has 1 aromatic rings. The number of hydrogen-bond acceptors (Lipinski definition) is 4. The number of rotatable bonds is 3. The van der Waals surface area contributed by atoms with Crippen LogP contribution >= 0.6 is 11.3 Å². The predicted octanol–water partition coefficient (Wildman–Crippen LogP) is 1.75. The smallest absolute Gasteiger partial charge is 0.184 e. The van der Waals surface area contributed by atoms with Crippen LogP contribution in [0.5, 0.6) is 0 Å². The highest BCUT2D eigenvalue weighted by Gasteiger charge is 2.38. The monoisotopic (exact) mass is 232 g/mol. The van der Waals surface area contributed by atoms with Crippen LogP contribution in [-0.2, 0) is 9.84 Å². The van der Waals surface area contributed by atoms with Gasteiger partial charge in [0.15, 0.2) is 15.6 Å². The van der Waals surface area contributed by atoms with Crippen molar-refractivity contribution in [2.45, 2.75) is 18.6 Å². The summed E-state index contributed by atoms with van der Waals surface area (Å²) in [6.07, 6.45) is 1.08. The van der Waals surface area contributed by atoms with Gasteiger partial charge in [0, 0.05) is 17.2 Å². The van der Waals surface area contributed by atoms with Crippen molar-refractivity contribution < 1.29 is 13.2 Å². The second-order valence-corrected chi connectivity index (χ2v) is 6.97. The first-order valence-corrected chi connectivity index (χ1v) is 6.87. The summed E-state index contributed by atoms with van der Waals surface area (Å²) in [7, 11) is -3.37. The lowest BCUT2D eigenvalue weighted by Crippen LogP contribution is -2.39. The van der Waals surface area contributed by atoms with Gasteiger partial charge >= 0.3 is 0 Å². The number of thiophene rings is 1. The van der Waals surface area contributed by atoms with Gasteiger partial charge in [0.05, 0.1) is 0 Å². The van der Waals surface area contributed by atoms with Crippen LogP contribution in [0.25, 0.3) is 0 Å². The van der Waals surface area contributed by atoms with Gasteiger partial charge in [-0.15, -0.1) is 0 Å². The molecule has 0 atom stereocenters. The molecule has 0 aliphatic carbocycles. The summed E-state index contributed by atoms with van der Waals surface area (Å²) < 4.78 is 21.4. The Labute approximate surface area is 87.7 Å². The Morgan fingerprint density at radius 1 is 1.43 bits per heavy atom. The maximum absolute atomic E-state index is 11.8. The van der Waals surface area contributed by atoms with Crippen LogP contribution in [0.3, 0.4) is 0 Å². The highest BCUT2D eigenvalue weighted by atomic mass is 32.2. The van der Waals surface area contributed by atoms with Crippen LogP contribution in [-0.4, -0.2) is 25.2 Å². The zero-order valence-corrected chi connectivity index (χ0v) is 9.91. The largest absolute Gasteiger partial charge is 0.292 e. The van der Waals surface area contributed by atoms with Crippen LogP contribution in [0.1, 0.15) is 24.2 Å². The van der Waals surface area contributed by atoms with E-state index < -0.39 is 14.6 Å². The summed E-state index contributed by atoms with van der Waals surface area (Å²) >= 11 is 1.38. The molecule has 0 fully saturated rings. The fraction of sp³-hybridized carbons (Fsp3) is 0.444. The van der Waals surface area contributed by atoms with E-state index in [0.717, 1.165) is 6.26 Å². The summed E-state index contributed by atoms with van der Waals surface area (Å²) in [5, 5.41) is 3.42. The van der Waals surface area contributed by atoms with E-state index in [4.69, 9.17) is 0 Å². The molecule has 0 aromatic carbocycles. The first-order chi connectivity index (χ1) is 6.27. The fourth-order valence-electron chi connectivity index (χ4n) is 0.910. The Kier molecular flexibility index (Phi) is 2.83. The van der Waals surface area contributed by atoms with Gasteiger partial charge in [-0.05, 0) is 25.3 Å². The number of carbonyl (C=O) groups excluding carboxylic acids is 1. The van der Waals surface area contributed by atoms with Gasteiger partial charge in [0.1, 0.15) is 4.75 Å². The Bertz CT molecular complexity index is 427. The molecule has 0 aliphatic heterocycles. The SMILES string of the molecule is CC(C)(C(=O)c1ccsc1)S(C)(=O)=O. The van der Waals surface area contributed by atoms with Crippen molar-refractivity contribution in [2.24, 2.45) is 0 Å². The average Bonchev–Trinajstić information content (AvgIpc) is 2.52. The molecule has 0 N–H and O–H groups in total. The number of sulfone groups is 1. The maximum atomic E-state index is 11.8. The van der Waals surface area contributed by atoms with E-state index in [-0.39, 0.29) is 5.78 Å². The second kappa shape index (κ2) is 3.47. The normalized spacial score (nSPS) is 12.8. The molecule has 0 bridgehead atoms. The summed E-state index contributed by atoms with van der Waals surface area (Å²) in [6, 6.07) is 1.64. The molecule has 78 valence electrons. The summed E-state index contributed by atoms with van der Waals surface area (Å²) in [4.78, 5) is 11.8. The molecule has 1 rings (SSSR count). The molecule has 0 aliphatic rings. The van der Waals surface area contributed by atoms with Crippen LogP contribution < -0.4 is 0 Å². The number of Topliss-reactive ketones (excluding diaryl/α,β-unsaturated/α-hetero) is 1. The summed E-state index contributed by atoms with van der Waals surface area (Å²) in [6.45, 7) is 2.87. The molecule has 3 nitrogen and oxygen atoms in total. The molecule has 0 radical (unpaired) electrons. The summed E-state index contributed by atoms with van der Waals surface area (Å²) in [5.41, 5.74) is 0.463. The number of ketones is 1. The van der Waals surface area contributed by atoms with Crippen LogP contribution in [0.4, 0.5) is 0 Å². The molecule has 1 aromatic heterocycles. The van der Waals surface area contributed by atoms with Gasteiger partial charge < -0.3 is 0 Å². The minimum absolute atomic E-state index is 0.346. The quantitative estimate of drug-likeness (QED) is 0.746. The first-order valence-electron chi connectivity index (χ1n) is 4.03. The second-order valence-electron chi connectivity index (χ2n) is 3.62. The van der Waals surface area contributed by atoms with Gasteiger partial charge in [-0.2, -0.15) is 11.3 Å². The third kappa shape index (κ3) is 1.88. The maximum Gasteiger partial charge on any atom is 0.184 e. The van der Waals surface area contributed by atoms with Crippen LogP contribution in [0.15, 0.2) is 16.8 Å². The lowest BCUT2D eigenvalue weighted by atomic mass is 10.0. The Balaban J connectivity index is 3.14. The van der Waals surface area contributed by atoms with Crippen molar-refractivity contribution in [3.05, 3.63) is 22.4 Å². The minimum atomic E-state index is -3.37. The molecular formula is C9H12O3S2. The number of hydrogen-bond donors (Lipinski definition) is 0. The van der Waals surface area contributed by atoms with Crippen LogP contribution in [0.2, 0.25) is 0 Å². The van der Waals surface area contributed by atoms with Gasteiger partial charge in [-0.3, -0.25) is 4.79 Å². The standard InChI is InChI=1S/C9H12O3S2/c1-9(2,14(3,11)12)8(10)7-4-5-13-6-7/h4-6H,1-3H3. The first kappa shape index (κ1) is 11.4. The van der Waals surface area contributed by atoms with Crippen molar-refractivity contribution in [2.75, 3.05) is 6.26 Å². The fourth-order valence-corrected chi connectivity index (χ4v) is 2.00. The van der Waals surface area contributed by atoms with Crippen molar-refractivity contribution >= 4 is 27.0 Å². The molecule has 0 spiro atoms. The van der Waals surface area contributed by atoms with E-state index in [9.17, 15) is 13.2 Å². The highest BCUT2D eigenvalue weighted by Crippen LogP contribution is 2.22. The van der Waals surface area contributed by atoms with E-state index >= 15 is 0 Å². The van der Waals surface area contributed by atoms with E-state index in [1.165, 1.54) is 25.2 Å². The highest BCUT2D eigenvalue weighted by molar-refractivity contribution is 7.92. The third-order valence-electron chi connectivity index (χ3n) is 2.26. The zero-order chi connectivity index (χ0) is 11.0. The Hall–Kier alpha value is -0.680. The van der Waals surface area contributed by atoms with Crippen molar-refractivity contribution in [1.29, 1.82) is 0 Å². The Morgan fingerprint density at radius 3 is 2.36 bits per heavy atom. The van der Waals surface area contributed by atoms with Crippen molar-refractivity contribution in [3.8, 4) is 0 Å². The molecule has 0 saturated carbocycles. The van der Waals surface area contributed by atoms with Crippen molar-refractivity contribution in [1.82, 2.24) is 0 Å². The zero-order valence-electron chi connectivity index (χ0n) is 8.27. The molecule has 0 saturated heterocycles. The Morgan fingerprint density at radius 2 is 2.00 bits per heavy atom. The molecular weight excluding hydrogens is 220 g/mol. The van der Waals surface area contributed by atoms with Crippen molar-refractivity contribution in [3.63, 3.8) is 0 Å². The number of carbonyl (C=O) groups is 1. The molecule has 1 heterocycles. The predicted molar refractivity (Wildman–Crippen MR) is 57.6 cm³/mol. The van der Waals surface area contributed by atoms with Gasteiger partial charge in [0.25, 0.3) is 0 Å². The minimum Gasteiger partial charge on any atom is -0.292 e. The summed E-state index contributed by atoms with van der Waals surface area (Å²) in [5.74, 6) is -0.346. The average molecular weight is 232 g/mol. The lowest BCUT2D eigenvalue weighted by Gasteiger charge is -2.19.